The number of nitrogens with one attached hydrogen (secondary N) is 1. The van der Waals surface area contributed by atoms with E-state index >= 15 is 0 Å². The highest BCUT2D eigenvalue weighted by molar-refractivity contribution is 5.28. The number of benzene rings is 1. The van der Waals surface area contributed by atoms with Crippen LogP contribution in [0.4, 0.5) is 0 Å². The van der Waals surface area contributed by atoms with E-state index in [9.17, 15) is 0 Å². The van der Waals surface area contributed by atoms with Crippen LogP contribution in [-0.4, -0.2) is 22.7 Å². The molecular weight excluding hydrogens is 262 g/mol. The maximum atomic E-state index is 5.77. The van der Waals surface area contributed by atoms with Gasteiger partial charge in [0.05, 0.1) is 12.9 Å². The topological polar surface area (TPSA) is 39.1 Å². The Balaban J connectivity index is 1.71. The maximum Gasteiger partial charge on any atom is 0.119 e. The zero-order valence-electron chi connectivity index (χ0n) is 13.0. The number of aryl methyl sites for hydroxylation is 1. The highest BCUT2D eigenvalue weighted by atomic mass is 16.5. The second-order valence-electron chi connectivity index (χ2n) is 5.25. The van der Waals surface area contributed by atoms with Crippen LogP contribution in [-0.2, 0) is 6.54 Å². The van der Waals surface area contributed by atoms with Gasteiger partial charge in [-0.1, -0.05) is 19.1 Å². The summed E-state index contributed by atoms with van der Waals surface area (Å²) in [6.45, 7) is 7.09. The van der Waals surface area contributed by atoms with Gasteiger partial charge in [0.15, 0.2) is 0 Å². The molecule has 114 valence electrons. The van der Waals surface area contributed by atoms with Crippen LogP contribution in [0.1, 0.15) is 38.3 Å². The minimum absolute atomic E-state index is 0.389. The molecule has 1 N–H and O–H groups in total. The van der Waals surface area contributed by atoms with Crippen LogP contribution in [0.3, 0.4) is 0 Å². The molecular formula is C17H25N3O. The Bertz CT molecular complexity index is 493. The molecule has 0 amide bonds. The summed E-state index contributed by atoms with van der Waals surface area (Å²) in [5.74, 6) is 0.937. The monoisotopic (exact) mass is 287 g/mol. The van der Waals surface area contributed by atoms with Gasteiger partial charge in [-0.3, -0.25) is 0 Å². The van der Waals surface area contributed by atoms with Gasteiger partial charge in [-0.15, -0.1) is 0 Å². The Morgan fingerprint density at radius 3 is 2.76 bits per heavy atom. The zero-order valence-corrected chi connectivity index (χ0v) is 13.0. The lowest BCUT2D eigenvalue weighted by Crippen LogP contribution is -2.19. The molecule has 0 saturated heterocycles. The second-order valence-corrected chi connectivity index (χ2v) is 5.25. The molecule has 1 heterocycles. The molecule has 0 spiro atoms. The first kappa shape index (κ1) is 15.6. The first-order chi connectivity index (χ1) is 10.3. The molecule has 0 aliphatic rings. The number of aromatic nitrogens is 2. The van der Waals surface area contributed by atoms with Crippen molar-refractivity contribution in [3.8, 4) is 5.75 Å². The summed E-state index contributed by atoms with van der Waals surface area (Å²) in [6, 6.07) is 8.77. The Kier molecular flexibility index (Phi) is 6.28. The van der Waals surface area contributed by atoms with E-state index in [1.54, 1.807) is 6.20 Å². The summed E-state index contributed by atoms with van der Waals surface area (Å²) >= 11 is 0. The molecule has 2 rings (SSSR count). The lowest BCUT2D eigenvalue weighted by Gasteiger charge is -2.14. The SMILES string of the molecule is CCCNC(C)c1ccc(OCCCn2ccnc2)cc1. The van der Waals surface area contributed by atoms with Crippen LogP contribution in [0.15, 0.2) is 43.0 Å². The van der Waals surface area contributed by atoms with Gasteiger partial charge >= 0.3 is 0 Å². The van der Waals surface area contributed by atoms with Gasteiger partial charge in [0.2, 0.25) is 0 Å². The van der Waals surface area contributed by atoms with Gasteiger partial charge in [-0.2, -0.15) is 0 Å². The van der Waals surface area contributed by atoms with E-state index in [4.69, 9.17) is 4.74 Å². The molecule has 1 aromatic heterocycles. The summed E-state index contributed by atoms with van der Waals surface area (Å²) < 4.78 is 7.83. The summed E-state index contributed by atoms with van der Waals surface area (Å²) in [6.07, 6.45) is 7.74. The molecule has 0 bridgehead atoms. The third-order valence-electron chi connectivity index (χ3n) is 3.47. The molecule has 1 unspecified atom stereocenters. The zero-order chi connectivity index (χ0) is 14.9. The molecule has 21 heavy (non-hydrogen) atoms. The van der Waals surface area contributed by atoms with Crippen molar-refractivity contribution < 1.29 is 4.74 Å². The fourth-order valence-corrected chi connectivity index (χ4v) is 2.19. The van der Waals surface area contributed by atoms with Crippen LogP contribution in [0.5, 0.6) is 5.75 Å². The number of rotatable bonds is 9. The van der Waals surface area contributed by atoms with E-state index in [0.29, 0.717) is 6.04 Å². The van der Waals surface area contributed by atoms with Crippen molar-refractivity contribution in [2.24, 2.45) is 0 Å². The van der Waals surface area contributed by atoms with Gasteiger partial charge in [-0.25, -0.2) is 4.98 Å². The van der Waals surface area contributed by atoms with E-state index in [0.717, 1.165) is 38.3 Å². The highest BCUT2D eigenvalue weighted by Crippen LogP contribution is 2.17. The van der Waals surface area contributed by atoms with Gasteiger partial charge in [0.1, 0.15) is 5.75 Å². The standard InChI is InChI=1S/C17H25N3O/c1-3-9-19-15(2)16-5-7-17(8-6-16)21-13-4-11-20-12-10-18-14-20/h5-8,10,12,14-15,19H,3-4,9,11,13H2,1-2H3. The minimum Gasteiger partial charge on any atom is -0.494 e. The lowest BCUT2D eigenvalue weighted by atomic mass is 10.1. The molecule has 0 radical (unpaired) electrons. The first-order valence-corrected chi connectivity index (χ1v) is 7.71. The minimum atomic E-state index is 0.389. The number of hydrogen-bond acceptors (Lipinski definition) is 3. The normalized spacial score (nSPS) is 12.3. The molecule has 1 aromatic carbocycles. The lowest BCUT2D eigenvalue weighted by molar-refractivity contribution is 0.301. The summed E-state index contributed by atoms with van der Waals surface area (Å²) in [5.41, 5.74) is 1.30. The molecule has 4 nitrogen and oxygen atoms in total. The Hall–Kier alpha value is -1.81. The molecule has 2 aromatic rings. The average Bonchev–Trinajstić information content (AvgIpc) is 3.03. The quantitative estimate of drug-likeness (QED) is 0.718. The van der Waals surface area contributed by atoms with Crippen molar-refractivity contribution in [2.75, 3.05) is 13.2 Å². The fourth-order valence-electron chi connectivity index (χ4n) is 2.19. The van der Waals surface area contributed by atoms with Crippen LogP contribution < -0.4 is 10.1 Å². The molecule has 0 fully saturated rings. The smallest absolute Gasteiger partial charge is 0.119 e. The number of hydrogen-bond donors (Lipinski definition) is 1. The van der Waals surface area contributed by atoms with E-state index in [-0.39, 0.29) is 0 Å². The maximum absolute atomic E-state index is 5.77. The molecule has 1 atom stereocenters. The van der Waals surface area contributed by atoms with Crippen molar-refractivity contribution >= 4 is 0 Å². The Morgan fingerprint density at radius 2 is 2.10 bits per heavy atom. The van der Waals surface area contributed by atoms with Crippen molar-refractivity contribution in [3.05, 3.63) is 48.5 Å². The number of nitrogens with zero attached hydrogens (tertiary/aromatic N) is 2. The van der Waals surface area contributed by atoms with E-state index in [1.165, 1.54) is 5.56 Å². The molecule has 0 aliphatic carbocycles. The summed E-state index contributed by atoms with van der Waals surface area (Å²) in [5, 5.41) is 3.49. The van der Waals surface area contributed by atoms with Gasteiger partial charge in [0.25, 0.3) is 0 Å². The summed E-state index contributed by atoms with van der Waals surface area (Å²) in [7, 11) is 0. The van der Waals surface area contributed by atoms with E-state index in [1.807, 2.05) is 12.5 Å². The number of imidazole rings is 1. The van der Waals surface area contributed by atoms with Crippen LogP contribution in [0.25, 0.3) is 0 Å². The van der Waals surface area contributed by atoms with Gasteiger partial charge in [0, 0.05) is 25.0 Å². The second kappa shape index (κ2) is 8.47. The molecule has 0 saturated carbocycles. The Morgan fingerprint density at radius 1 is 1.29 bits per heavy atom. The highest BCUT2D eigenvalue weighted by Gasteiger charge is 2.04. The van der Waals surface area contributed by atoms with Crippen LogP contribution >= 0.6 is 0 Å². The van der Waals surface area contributed by atoms with Crippen molar-refractivity contribution in [1.29, 1.82) is 0 Å². The first-order valence-electron chi connectivity index (χ1n) is 7.71. The predicted octanol–water partition coefficient (Wildman–Crippen LogP) is 3.41. The van der Waals surface area contributed by atoms with E-state index in [2.05, 4.69) is 53.0 Å². The van der Waals surface area contributed by atoms with Crippen molar-refractivity contribution in [1.82, 2.24) is 14.9 Å². The average molecular weight is 287 g/mol. The number of ether oxygens (including phenoxy) is 1. The van der Waals surface area contributed by atoms with E-state index < -0.39 is 0 Å². The molecule has 0 aliphatic heterocycles. The summed E-state index contributed by atoms with van der Waals surface area (Å²) in [4.78, 5) is 4.02. The fraction of sp³-hybridized carbons (Fsp3) is 0.471. The van der Waals surface area contributed by atoms with Crippen molar-refractivity contribution in [3.63, 3.8) is 0 Å². The van der Waals surface area contributed by atoms with Gasteiger partial charge < -0.3 is 14.6 Å². The third kappa shape index (κ3) is 5.23. The van der Waals surface area contributed by atoms with Gasteiger partial charge in [-0.05, 0) is 44.0 Å². The molecule has 4 heteroatoms. The van der Waals surface area contributed by atoms with Crippen molar-refractivity contribution in [2.45, 2.75) is 39.3 Å². The van der Waals surface area contributed by atoms with Crippen LogP contribution in [0, 0.1) is 0 Å². The Labute approximate surface area is 127 Å². The largest absolute Gasteiger partial charge is 0.494 e. The predicted molar refractivity (Wildman–Crippen MR) is 85.5 cm³/mol. The third-order valence-corrected chi connectivity index (χ3v) is 3.47. The van der Waals surface area contributed by atoms with Crippen LogP contribution in [0.2, 0.25) is 0 Å².